The van der Waals surface area contributed by atoms with E-state index in [2.05, 4.69) is 31.8 Å². The fourth-order valence-corrected chi connectivity index (χ4v) is 3.19. The number of nitrogens with zero attached hydrogens (tertiary/aromatic N) is 6. The molecular formula is C18H19FN6. The highest BCUT2D eigenvalue weighted by atomic mass is 19.1. The number of amidine groups is 1. The number of fused-ring (bicyclic) bond motifs is 1. The predicted octanol–water partition coefficient (Wildman–Crippen LogP) is 2.89. The van der Waals surface area contributed by atoms with E-state index in [1.54, 1.807) is 18.3 Å². The van der Waals surface area contributed by atoms with Crippen LogP contribution in [0, 0.1) is 5.95 Å². The second kappa shape index (κ2) is 6.58. The van der Waals surface area contributed by atoms with Gasteiger partial charge in [0.05, 0.1) is 25.1 Å². The summed E-state index contributed by atoms with van der Waals surface area (Å²) in [6.45, 7) is 4.42. The smallest absolute Gasteiger partial charge is 0.213 e. The van der Waals surface area contributed by atoms with Crippen molar-refractivity contribution in [3.63, 3.8) is 0 Å². The highest BCUT2D eigenvalue weighted by Gasteiger charge is 2.25. The van der Waals surface area contributed by atoms with E-state index in [9.17, 15) is 4.39 Å². The summed E-state index contributed by atoms with van der Waals surface area (Å²) in [6, 6.07) is 4.73. The zero-order valence-electron chi connectivity index (χ0n) is 14.1. The minimum atomic E-state index is -0.510. The molecule has 0 N–H and O–H groups in total. The maximum atomic E-state index is 13.5. The lowest BCUT2D eigenvalue weighted by atomic mass is 10.1. The van der Waals surface area contributed by atoms with E-state index < -0.39 is 5.95 Å². The van der Waals surface area contributed by atoms with Gasteiger partial charge in [-0.1, -0.05) is 19.4 Å². The van der Waals surface area contributed by atoms with E-state index in [-0.39, 0.29) is 0 Å². The molecule has 0 aliphatic carbocycles. The maximum Gasteiger partial charge on any atom is 0.213 e. The van der Waals surface area contributed by atoms with Gasteiger partial charge in [0.1, 0.15) is 11.5 Å². The third-order valence-electron chi connectivity index (χ3n) is 4.33. The molecule has 0 saturated carbocycles. The van der Waals surface area contributed by atoms with E-state index >= 15 is 0 Å². The average Bonchev–Trinajstić information content (AvgIpc) is 3.26. The molecule has 0 aromatic carbocycles. The zero-order valence-corrected chi connectivity index (χ0v) is 14.1. The van der Waals surface area contributed by atoms with Crippen LogP contribution in [0.25, 0.3) is 11.5 Å². The van der Waals surface area contributed by atoms with Crippen molar-refractivity contribution in [2.24, 2.45) is 9.98 Å². The van der Waals surface area contributed by atoms with Crippen molar-refractivity contribution in [3.05, 3.63) is 47.8 Å². The number of pyridine rings is 1. The number of imidazole rings is 1. The van der Waals surface area contributed by atoms with Crippen molar-refractivity contribution in [2.75, 3.05) is 13.1 Å². The Morgan fingerprint density at radius 1 is 1.28 bits per heavy atom. The topological polar surface area (TPSA) is 58.7 Å². The molecule has 4 rings (SSSR count). The van der Waals surface area contributed by atoms with Crippen LogP contribution in [0.4, 0.5) is 4.39 Å². The fraction of sp³-hybridized carbons (Fsp3) is 0.333. The summed E-state index contributed by atoms with van der Waals surface area (Å²) in [5, 5.41) is 0. The van der Waals surface area contributed by atoms with Crippen molar-refractivity contribution in [3.8, 4) is 11.5 Å². The van der Waals surface area contributed by atoms with Crippen molar-refractivity contribution in [1.82, 2.24) is 19.4 Å². The Bertz CT molecular complexity index is 879. The van der Waals surface area contributed by atoms with Gasteiger partial charge in [-0.3, -0.25) is 4.99 Å². The summed E-state index contributed by atoms with van der Waals surface area (Å²) in [5.74, 6) is 1.16. The van der Waals surface area contributed by atoms with Gasteiger partial charge < -0.3 is 9.47 Å². The molecule has 7 heteroatoms. The van der Waals surface area contributed by atoms with E-state index in [1.807, 2.05) is 17.1 Å². The first kappa shape index (κ1) is 15.7. The SMILES string of the molecule is CCCC1=C(Cn2ccnc2-c2cccc(F)n2)N=CN2CCN=C12. The van der Waals surface area contributed by atoms with E-state index in [0.29, 0.717) is 18.1 Å². The van der Waals surface area contributed by atoms with Crippen LogP contribution >= 0.6 is 0 Å². The maximum absolute atomic E-state index is 13.5. The quantitative estimate of drug-likeness (QED) is 0.788. The van der Waals surface area contributed by atoms with Gasteiger partial charge >= 0.3 is 0 Å². The molecule has 2 aliphatic rings. The predicted molar refractivity (Wildman–Crippen MR) is 94.9 cm³/mol. The monoisotopic (exact) mass is 338 g/mol. The Kier molecular flexibility index (Phi) is 4.13. The number of allylic oxidation sites excluding steroid dienone is 1. The number of hydrogen-bond acceptors (Lipinski definition) is 5. The molecule has 2 aliphatic heterocycles. The van der Waals surface area contributed by atoms with Gasteiger partial charge in [0.25, 0.3) is 0 Å². The molecule has 0 spiro atoms. The molecule has 0 saturated heterocycles. The molecule has 0 fully saturated rings. The Morgan fingerprint density at radius 2 is 2.20 bits per heavy atom. The second-order valence-corrected chi connectivity index (χ2v) is 6.04. The Morgan fingerprint density at radius 3 is 3.04 bits per heavy atom. The normalized spacial score (nSPS) is 16.4. The van der Waals surface area contributed by atoms with Crippen molar-refractivity contribution in [1.29, 1.82) is 0 Å². The molecule has 0 bridgehead atoms. The van der Waals surface area contributed by atoms with Crippen LogP contribution in [-0.2, 0) is 6.54 Å². The average molecular weight is 338 g/mol. The van der Waals surface area contributed by atoms with E-state index in [1.165, 1.54) is 11.6 Å². The molecular weight excluding hydrogens is 319 g/mol. The van der Waals surface area contributed by atoms with Crippen LogP contribution in [0.1, 0.15) is 19.8 Å². The summed E-state index contributed by atoms with van der Waals surface area (Å²) in [6.07, 6.45) is 7.40. The summed E-state index contributed by atoms with van der Waals surface area (Å²) < 4.78 is 15.4. The lowest BCUT2D eigenvalue weighted by Crippen LogP contribution is -2.31. The molecule has 0 radical (unpaired) electrons. The standard InChI is InChI=1S/C18H19FN6/c1-2-4-13-15(22-12-25-10-8-20-17(13)25)11-24-9-7-21-18(24)14-5-3-6-16(19)23-14/h3,5-7,9,12H,2,4,8,10-11H2,1H3. The van der Waals surface area contributed by atoms with Gasteiger partial charge in [-0.25, -0.2) is 15.0 Å². The number of aromatic nitrogens is 3. The third-order valence-corrected chi connectivity index (χ3v) is 4.33. The largest absolute Gasteiger partial charge is 0.324 e. The van der Waals surface area contributed by atoms with Crippen LogP contribution in [0.15, 0.2) is 51.8 Å². The lowest BCUT2D eigenvalue weighted by Gasteiger charge is -2.24. The molecule has 0 unspecified atom stereocenters. The van der Waals surface area contributed by atoms with Gasteiger partial charge in [0, 0.05) is 24.5 Å². The summed E-state index contributed by atoms with van der Waals surface area (Å²) >= 11 is 0. The highest BCUT2D eigenvalue weighted by Crippen LogP contribution is 2.25. The van der Waals surface area contributed by atoms with E-state index in [0.717, 1.165) is 37.5 Å². The van der Waals surface area contributed by atoms with Crippen molar-refractivity contribution < 1.29 is 4.39 Å². The number of halogens is 1. The molecule has 0 amide bonds. The van der Waals surface area contributed by atoms with Crippen LogP contribution in [0.3, 0.4) is 0 Å². The number of hydrogen-bond donors (Lipinski definition) is 0. The summed E-state index contributed by atoms with van der Waals surface area (Å²) in [4.78, 5) is 19.7. The summed E-state index contributed by atoms with van der Waals surface area (Å²) in [5.41, 5.74) is 2.69. The Hall–Kier alpha value is -2.83. The highest BCUT2D eigenvalue weighted by molar-refractivity contribution is 6.07. The van der Waals surface area contributed by atoms with Crippen molar-refractivity contribution >= 4 is 12.2 Å². The van der Waals surface area contributed by atoms with Gasteiger partial charge in [-0.15, -0.1) is 0 Å². The Balaban J connectivity index is 1.69. The minimum Gasteiger partial charge on any atom is -0.324 e. The number of rotatable bonds is 5. The van der Waals surface area contributed by atoms with Crippen LogP contribution < -0.4 is 0 Å². The third kappa shape index (κ3) is 2.97. The molecule has 0 atom stereocenters. The zero-order chi connectivity index (χ0) is 17.2. The fourth-order valence-electron chi connectivity index (χ4n) is 3.19. The van der Waals surface area contributed by atoms with Crippen molar-refractivity contribution in [2.45, 2.75) is 26.3 Å². The van der Waals surface area contributed by atoms with Gasteiger partial charge in [0.2, 0.25) is 5.95 Å². The van der Waals surface area contributed by atoms with Gasteiger partial charge in [-0.2, -0.15) is 4.39 Å². The first-order valence-electron chi connectivity index (χ1n) is 8.48. The summed E-state index contributed by atoms with van der Waals surface area (Å²) in [7, 11) is 0. The molecule has 128 valence electrons. The lowest BCUT2D eigenvalue weighted by molar-refractivity contribution is 0.584. The molecule has 2 aromatic heterocycles. The molecule has 6 nitrogen and oxygen atoms in total. The Labute approximate surface area is 145 Å². The number of aliphatic imine (C=N–C) groups is 2. The van der Waals surface area contributed by atoms with Gasteiger partial charge in [-0.05, 0) is 18.6 Å². The minimum absolute atomic E-state index is 0.510. The first-order chi connectivity index (χ1) is 12.3. The molecule has 4 heterocycles. The second-order valence-electron chi connectivity index (χ2n) is 6.04. The van der Waals surface area contributed by atoms with Crippen LogP contribution in [0.5, 0.6) is 0 Å². The first-order valence-corrected chi connectivity index (χ1v) is 8.48. The molecule has 25 heavy (non-hydrogen) atoms. The molecule has 2 aromatic rings. The van der Waals surface area contributed by atoms with E-state index in [4.69, 9.17) is 0 Å². The van der Waals surface area contributed by atoms with Crippen LogP contribution in [0.2, 0.25) is 0 Å². The van der Waals surface area contributed by atoms with Gasteiger partial charge in [0.15, 0.2) is 5.82 Å². The van der Waals surface area contributed by atoms with Crippen LogP contribution in [-0.4, -0.2) is 44.7 Å².